The van der Waals surface area contributed by atoms with Crippen molar-refractivity contribution >= 4 is 5.97 Å². The predicted octanol–water partition coefficient (Wildman–Crippen LogP) is 8.23. The highest BCUT2D eigenvalue weighted by Gasteiger charge is 2.02. The van der Waals surface area contributed by atoms with Crippen LogP contribution in [0.15, 0.2) is 0 Å². The first-order valence-corrected chi connectivity index (χ1v) is 11.8. The first-order chi connectivity index (χ1) is 12.7. The van der Waals surface area contributed by atoms with Gasteiger partial charge in [-0.1, -0.05) is 117 Å². The maximum absolute atomic E-state index is 11.6. The Morgan fingerprint density at radius 1 is 0.654 bits per heavy atom. The van der Waals surface area contributed by atoms with Crippen molar-refractivity contribution in [2.45, 2.75) is 136 Å². The molecule has 0 aliphatic rings. The van der Waals surface area contributed by atoms with Crippen molar-refractivity contribution in [3.63, 3.8) is 0 Å². The number of ether oxygens (including phenoxy) is 1. The molecule has 0 bridgehead atoms. The molecule has 0 aromatic rings. The van der Waals surface area contributed by atoms with E-state index < -0.39 is 0 Å². The minimum atomic E-state index is 0.00916. The minimum Gasteiger partial charge on any atom is -0.466 e. The third-order valence-electron chi connectivity index (χ3n) is 5.17. The van der Waals surface area contributed by atoms with Gasteiger partial charge in [-0.3, -0.25) is 4.79 Å². The number of hydrogen-bond acceptors (Lipinski definition) is 2. The van der Waals surface area contributed by atoms with E-state index in [1.54, 1.807) is 0 Å². The molecule has 0 amide bonds. The van der Waals surface area contributed by atoms with Crippen molar-refractivity contribution in [2.24, 2.45) is 5.92 Å². The largest absolute Gasteiger partial charge is 0.466 e. The zero-order chi connectivity index (χ0) is 19.3. The van der Waals surface area contributed by atoms with Gasteiger partial charge in [0.05, 0.1) is 6.61 Å². The molecule has 0 saturated heterocycles. The van der Waals surface area contributed by atoms with Gasteiger partial charge in [-0.05, 0) is 18.8 Å². The number of carbonyl (C=O) groups excluding carboxylic acids is 1. The second-order valence-corrected chi connectivity index (χ2v) is 8.46. The average Bonchev–Trinajstić information content (AvgIpc) is 2.61. The molecule has 0 atom stereocenters. The van der Waals surface area contributed by atoms with Crippen molar-refractivity contribution in [1.29, 1.82) is 0 Å². The quantitative estimate of drug-likeness (QED) is 0.160. The standard InChI is InChI=1S/C24H48O2/c1-4-5-6-19-22-26-24(25)21-18-16-14-12-10-8-7-9-11-13-15-17-20-23(2)3/h23H,4-22H2,1-3H3. The molecule has 0 aliphatic carbocycles. The smallest absolute Gasteiger partial charge is 0.305 e. The van der Waals surface area contributed by atoms with E-state index in [1.165, 1.54) is 96.3 Å². The van der Waals surface area contributed by atoms with Gasteiger partial charge in [0.15, 0.2) is 0 Å². The molecule has 0 heterocycles. The van der Waals surface area contributed by atoms with Gasteiger partial charge >= 0.3 is 5.97 Å². The topological polar surface area (TPSA) is 26.3 Å². The molecule has 0 aliphatic heterocycles. The van der Waals surface area contributed by atoms with E-state index in [-0.39, 0.29) is 5.97 Å². The van der Waals surface area contributed by atoms with Crippen LogP contribution in [0.2, 0.25) is 0 Å². The lowest BCUT2D eigenvalue weighted by Gasteiger charge is -2.05. The van der Waals surface area contributed by atoms with E-state index in [4.69, 9.17) is 4.74 Å². The van der Waals surface area contributed by atoms with Gasteiger partial charge in [0, 0.05) is 6.42 Å². The van der Waals surface area contributed by atoms with E-state index >= 15 is 0 Å². The molecule has 0 unspecified atom stereocenters. The highest BCUT2D eigenvalue weighted by molar-refractivity contribution is 5.69. The van der Waals surface area contributed by atoms with Gasteiger partial charge in [0.25, 0.3) is 0 Å². The van der Waals surface area contributed by atoms with Crippen LogP contribution >= 0.6 is 0 Å². The SMILES string of the molecule is CCCCCCOC(=O)CCCCCCCCCCCCCCC(C)C. The van der Waals surface area contributed by atoms with Crippen LogP contribution in [0.1, 0.15) is 136 Å². The number of hydrogen-bond donors (Lipinski definition) is 0. The van der Waals surface area contributed by atoms with Gasteiger partial charge in [-0.15, -0.1) is 0 Å². The fourth-order valence-electron chi connectivity index (χ4n) is 3.38. The Morgan fingerprint density at radius 2 is 1.12 bits per heavy atom. The zero-order valence-corrected chi connectivity index (χ0v) is 18.3. The highest BCUT2D eigenvalue weighted by Crippen LogP contribution is 2.14. The molecule has 0 spiro atoms. The van der Waals surface area contributed by atoms with Crippen molar-refractivity contribution in [3.8, 4) is 0 Å². The van der Waals surface area contributed by atoms with Crippen LogP contribution in [0.5, 0.6) is 0 Å². The van der Waals surface area contributed by atoms with E-state index in [9.17, 15) is 4.79 Å². The molecule has 0 rings (SSSR count). The second-order valence-electron chi connectivity index (χ2n) is 8.46. The Bertz CT molecular complexity index is 286. The monoisotopic (exact) mass is 368 g/mol. The Labute approximate surface area is 164 Å². The summed E-state index contributed by atoms with van der Waals surface area (Å²) in [7, 11) is 0. The number of carbonyl (C=O) groups is 1. The van der Waals surface area contributed by atoms with Crippen molar-refractivity contribution in [1.82, 2.24) is 0 Å². The summed E-state index contributed by atoms with van der Waals surface area (Å²) in [6, 6.07) is 0. The summed E-state index contributed by atoms with van der Waals surface area (Å²) in [4.78, 5) is 11.6. The van der Waals surface area contributed by atoms with E-state index in [2.05, 4.69) is 20.8 Å². The third-order valence-corrected chi connectivity index (χ3v) is 5.17. The summed E-state index contributed by atoms with van der Waals surface area (Å²) in [6.07, 6.45) is 22.8. The average molecular weight is 369 g/mol. The third kappa shape index (κ3) is 21.5. The molecule has 0 aromatic heterocycles. The molecular formula is C24H48O2. The summed E-state index contributed by atoms with van der Waals surface area (Å²) < 4.78 is 5.27. The first kappa shape index (κ1) is 25.5. The second kappa shape index (κ2) is 20.8. The predicted molar refractivity (Wildman–Crippen MR) is 115 cm³/mol. The fraction of sp³-hybridized carbons (Fsp3) is 0.958. The molecular weight excluding hydrogens is 320 g/mol. The molecule has 0 fully saturated rings. The molecule has 0 saturated carbocycles. The Hall–Kier alpha value is -0.530. The summed E-state index contributed by atoms with van der Waals surface area (Å²) in [6.45, 7) is 7.46. The Morgan fingerprint density at radius 3 is 1.62 bits per heavy atom. The normalized spacial score (nSPS) is 11.2. The van der Waals surface area contributed by atoms with E-state index in [0.717, 1.165) is 18.8 Å². The lowest BCUT2D eigenvalue weighted by molar-refractivity contribution is -0.143. The van der Waals surface area contributed by atoms with E-state index in [0.29, 0.717) is 13.0 Å². The minimum absolute atomic E-state index is 0.00916. The van der Waals surface area contributed by atoms with Crippen LogP contribution in [0.25, 0.3) is 0 Å². The van der Waals surface area contributed by atoms with Crippen LogP contribution in [-0.2, 0) is 9.53 Å². The van der Waals surface area contributed by atoms with E-state index in [1.807, 2.05) is 0 Å². The molecule has 0 N–H and O–H groups in total. The molecule has 0 aromatic carbocycles. The van der Waals surface area contributed by atoms with Crippen LogP contribution < -0.4 is 0 Å². The van der Waals surface area contributed by atoms with Crippen LogP contribution in [0.3, 0.4) is 0 Å². The van der Waals surface area contributed by atoms with Crippen LogP contribution in [0.4, 0.5) is 0 Å². The van der Waals surface area contributed by atoms with Crippen LogP contribution in [-0.4, -0.2) is 12.6 Å². The van der Waals surface area contributed by atoms with Gasteiger partial charge < -0.3 is 4.74 Å². The van der Waals surface area contributed by atoms with Crippen molar-refractivity contribution in [2.75, 3.05) is 6.61 Å². The summed E-state index contributed by atoms with van der Waals surface area (Å²) in [5.41, 5.74) is 0. The lowest BCUT2D eigenvalue weighted by Crippen LogP contribution is -2.05. The first-order valence-electron chi connectivity index (χ1n) is 11.8. The maximum Gasteiger partial charge on any atom is 0.305 e. The zero-order valence-electron chi connectivity index (χ0n) is 18.3. The van der Waals surface area contributed by atoms with Crippen molar-refractivity contribution in [3.05, 3.63) is 0 Å². The number of rotatable bonds is 20. The maximum atomic E-state index is 11.6. The molecule has 26 heavy (non-hydrogen) atoms. The van der Waals surface area contributed by atoms with Gasteiger partial charge in [0.1, 0.15) is 0 Å². The molecule has 0 radical (unpaired) electrons. The number of unbranched alkanes of at least 4 members (excludes halogenated alkanes) is 14. The van der Waals surface area contributed by atoms with Gasteiger partial charge in [0.2, 0.25) is 0 Å². The van der Waals surface area contributed by atoms with Crippen molar-refractivity contribution < 1.29 is 9.53 Å². The van der Waals surface area contributed by atoms with Gasteiger partial charge in [-0.25, -0.2) is 0 Å². The highest BCUT2D eigenvalue weighted by atomic mass is 16.5. The number of esters is 1. The molecule has 2 heteroatoms. The Balaban J connectivity index is 3.11. The molecule has 156 valence electrons. The van der Waals surface area contributed by atoms with Crippen LogP contribution in [0, 0.1) is 5.92 Å². The molecule has 2 nitrogen and oxygen atoms in total. The van der Waals surface area contributed by atoms with Gasteiger partial charge in [-0.2, -0.15) is 0 Å². The summed E-state index contributed by atoms with van der Waals surface area (Å²) in [5.74, 6) is 0.881. The fourth-order valence-corrected chi connectivity index (χ4v) is 3.38. The Kier molecular flexibility index (Phi) is 20.4. The lowest BCUT2D eigenvalue weighted by atomic mass is 10.0. The summed E-state index contributed by atoms with van der Waals surface area (Å²) in [5, 5.41) is 0. The summed E-state index contributed by atoms with van der Waals surface area (Å²) >= 11 is 0.